The lowest BCUT2D eigenvalue weighted by atomic mass is 10.1. The molecular formula is C8H9N3O2. The van der Waals surface area contributed by atoms with Crippen LogP contribution in [0.25, 0.3) is 0 Å². The van der Waals surface area contributed by atoms with Gasteiger partial charge < -0.3 is 15.9 Å². The molecule has 0 atom stereocenters. The lowest BCUT2D eigenvalue weighted by molar-refractivity contribution is 0.0600. The van der Waals surface area contributed by atoms with Crippen molar-refractivity contribution in [3.63, 3.8) is 0 Å². The van der Waals surface area contributed by atoms with E-state index in [2.05, 4.69) is 9.72 Å². The van der Waals surface area contributed by atoms with Crippen LogP contribution < -0.4 is 5.73 Å². The number of carbonyl (C=O) groups excluding carboxylic acids is 1. The van der Waals surface area contributed by atoms with E-state index in [1.165, 1.54) is 19.4 Å². The Morgan fingerprint density at radius 3 is 3.00 bits per heavy atom. The van der Waals surface area contributed by atoms with Crippen molar-refractivity contribution in [3.8, 4) is 0 Å². The highest BCUT2D eigenvalue weighted by atomic mass is 16.5. The smallest absolute Gasteiger partial charge is 0.338 e. The van der Waals surface area contributed by atoms with E-state index in [1.807, 2.05) is 0 Å². The topological polar surface area (TPSA) is 89.1 Å². The van der Waals surface area contributed by atoms with Gasteiger partial charge >= 0.3 is 5.97 Å². The van der Waals surface area contributed by atoms with Gasteiger partial charge in [0.25, 0.3) is 0 Å². The predicted octanol–water partition coefficient (Wildman–Crippen LogP) is 0.448. The van der Waals surface area contributed by atoms with Gasteiger partial charge in [0, 0.05) is 18.0 Å². The maximum atomic E-state index is 11.1. The maximum Gasteiger partial charge on any atom is 0.338 e. The summed E-state index contributed by atoms with van der Waals surface area (Å²) in [6.07, 6.45) is 2.38. The molecular weight excluding hydrogens is 170 g/mol. The van der Waals surface area contributed by atoms with Crippen molar-refractivity contribution in [3.05, 3.63) is 23.4 Å². The molecule has 0 aliphatic rings. The van der Waals surface area contributed by atoms with Crippen molar-refractivity contribution >= 4 is 18.0 Å². The van der Waals surface area contributed by atoms with Gasteiger partial charge in [0.2, 0.25) is 0 Å². The van der Waals surface area contributed by atoms with Crippen molar-refractivity contribution in [2.75, 3.05) is 12.8 Å². The molecule has 0 aliphatic heterocycles. The van der Waals surface area contributed by atoms with E-state index >= 15 is 0 Å². The molecule has 0 amide bonds. The molecule has 0 aliphatic carbocycles. The van der Waals surface area contributed by atoms with E-state index in [9.17, 15) is 4.79 Å². The summed E-state index contributed by atoms with van der Waals surface area (Å²) in [5.41, 5.74) is 6.00. The molecule has 1 rings (SSSR count). The third-order valence-corrected chi connectivity index (χ3v) is 1.57. The molecule has 1 heterocycles. The lowest BCUT2D eigenvalue weighted by Gasteiger charge is -2.04. The summed E-state index contributed by atoms with van der Waals surface area (Å²) < 4.78 is 4.51. The van der Waals surface area contributed by atoms with Gasteiger partial charge in [-0.1, -0.05) is 0 Å². The molecule has 5 heteroatoms. The van der Waals surface area contributed by atoms with Crippen LogP contribution in [0.5, 0.6) is 0 Å². The fraction of sp³-hybridized carbons (Fsp3) is 0.125. The number of methoxy groups -OCH3 is 1. The zero-order chi connectivity index (χ0) is 9.84. The summed E-state index contributed by atoms with van der Waals surface area (Å²) in [6.45, 7) is 0. The van der Waals surface area contributed by atoms with Gasteiger partial charge in [0.15, 0.2) is 0 Å². The van der Waals surface area contributed by atoms with Crippen LogP contribution in [0.2, 0.25) is 0 Å². The summed E-state index contributed by atoms with van der Waals surface area (Å²) in [4.78, 5) is 14.9. The maximum absolute atomic E-state index is 11.1. The van der Waals surface area contributed by atoms with E-state index in [-0.39, 0.29) is 16.9 Å². The number of nitrogen functional groups attached to an aromatic ring is 1. The molecule has 68 valence electrons. The van der Waals surface area contributed by atoms with E-state index in [1.54, 1.807) is 0 Å². The standard InChI is InChI=1S/C8H9N3O2/c1-13-8(12)5-2-3-11-7(10)6(5)4-9/h2-4,9H,1H3,(H2,10,11). The third kappa shape index (κ3) is 1.64. The van der Waals surface area contributed by atoms with E-state index in [0.717, 1.165) is 6.21 Å². The minimum absolute atomic E-state index is 0.151. The largest absolute Gasteiger partial charge is 0.465 e. The van der Waals surface area contributed by atoms with Gasteiger partial charge in [-0.2, -0.15) is 0 Å². The molecule has 5 nitrogen and oxygen atoms in total. The number of aromatic nitrogens is 1. The molecule has 0 radical (unpaired) electrons. The minimum Gasteiger partial charge on any atom is -0.465 e. The zero-order valence-electron chi connectivity index (χ0n) is 7.07. The van der Waals surface area contributed by atoms with Crippen molar-refractivity contribution in [1.29, 1.82) is 5.41 Å². The Morgan fingerprint density at radius 1 is 1.77 bits per heavy atom. The molecule has 0 fully saturated rings. The number of rotatable bonds is 2. The molecule has 0 spiro atoms. The normalized spacial score (nSPS) is 9.31. The molecule has 0 unspecified atom stereocenters. The summed E-state index contributed by atoms with van der Waals surface area (Å²) in [6, 6.07) is 1.46. The molecule has 0 bridgehead atoms. The second kappa shape index (κ2) is 3.66. The molecule has 1 aromatic rings. The van der Waals surface area contributed by atoms with Crippen LogP contribution in [0.15, 0.2) is 12.3 Å². The average Bonchev–Trinajstić information content (AvgIpc) is 2.16. The molecule has 3 N–H and O–H groups in total. The van der Waals surface area contributed by atoms with Crippen LogP contribution in [-0.2, 0) is 4.74 Å². The van der Waals surface area contributed by atoms with Gasteiger partial charge in [-0.25, -0.2) is 9.78 Å². The first kappa shape index (κ1) is 9.18. The van der Waals surface area contributed by atoms with Crippen LogP contribution in [0, 0.1) is 5.41 Å². The monoisotopic (exact) mass is 179 g/mol. The van der Waals surface area contributed by atoms with Crippen LogP contribution in [0.4, 0.5) is 5.82 Å². The quantitative estimate of drug-likeness (QED) is 0.509. The first-order valence-corrected chi connectivity index (χ1v) is 3.54. The van der Waals surface area contributed by atoms with E-state index in [0.29, 0.717) is 0 Å². The average molecular weight is 179 g/mol. The number of hydrogen-bond acceptors (Lipinski definition) is 5. The van der Waals surface area contributed by atoms with Crippen LogP contribution >= 0.6 is 0 Å². The summed E-state index contributed by atoms with van der Waals surface area (Å²) >= 11 is 0. The van der Waals surface area contributed by atoms with Gasteiger partial charge in [0.1, 0.15) is 5.82 Å². The highest BCUT2D eigenvalue weighted by Crippen LogP contribution is 2.12. The number of carbonyl (C=O) groups is 1. The third-order valence-electron chi connectivity index (χ3n) is 1.57. The van der Waals surface area contributed by atoms with Crippen molar-refractivity contribution < 1.29 is 9.53 Å². The second-order valence-corrected chi connectivity index (χ2v) is 2.29. The molecule has 13 heavy (non-hydrogen) atoms. The van der Waals surface area contributed by atoms with Gasteiger partial charge in [-0.3, -0.25) is 0 Å². The predicted molar refractivity (Wildman–Crippen MR) is 47.9 cm³/mol. The van der Waals surface area contributed by atoms with E-state index < -0.39 is 5.97 Å². The highest BCUT2D eigenvalue weighted by Gasteiger charge is 2.12. The molecule has 0 aromatic carbocycles. The van der Waals surface area contributed by atoms with E-state index in [4.69, 9.17) is 11.1 Å². The number of anilines is 1. The molecule has 0 saturated heterocycles. The Bertz CT molecular complexity index is 349. The van der Waals surface area contributed by atoms with Crippen molar-refractivity contribution in [2.45, 2.75) is 0 Å². The van der Waals surface area contributed by atoms with Gasteiger partial charge in [-0.15, -0.1) is 0 Å². The number of nitrogens with two attached hydrogens (primary N) is 1. The first-order chi connectivity index (χ1) is 6.20. The Hall–Kier alpha value is -1.91. The first-order valence-electron chi connectivity index (χ1n) is 3.54. The molecule has 0 saturated carbocycles. The fourth-order valence-electron chi connectivity index (χ4n) is 0.929. The summed E-state index contributed by atoms with van der Waals surface area (Å²) in [5.74, 6) is -0.370. The zero-order valence-corrected chi connectivity index (χ0v) is 7.07. The van der Waals surface area contributed by atoms with Crippen LogP contribution in [0.1, 0.15) is 15.9 Å². The van der Waals surface area contributed by atoms with Crippen LogP contribution in [-0.4, -0.2) is 24.3 Å². The second-order valence-electron chi connectivity index (χ2n) is 2.29. The fourth-order valence-corrected chi connectivity index (χ4v) is 0.929. The number of nitrogens with zero attached hydrogens (tertiary/aromatic N) is 1. The Kier molecular flexibility index (Phi) is 2.59. The SMILES string of the molecule is COC(=O)c1ccnc(N)c1C=N. The number of esters is 1. The lowest BCUT2D eigenvalue weighted by Crippen LogP contribution is -2.08. The number of hydrogen-bond donors (Lipinski definition) is 2. The van der Waals surface area contributed by atoms with Gasteiger partial charge in [0.05, 0.1) is 12.7 Å². The van der Waals surface area contributed by atoms with Crippen LogP contribution in [0.3, 0.4) is 0 Å². The summed E-state index contributed by atoms with van der Waals surface area (Å²) in [5, 5.41) is 7.04. The number of ether oxygens (including phenoxy) is 1. The highest BCUT2D eigenvalue weighted by molar-refractivity contribution is 6.01. The van der Waals surface area contributed by atoms with Crippen molar-refractivity contribution in [2.24, 2.45) is 0 Å². The minimum atomic E-state index is -0.521. The number of pyridine rings is 1. The molecule has 1 aromatic heterocycles. The summed E-state index contributed by atoms with van der Waals surface area (Å²) in [7, 11) is 1.27. The Balaban J connectivity index is 3.28. The Morgan fingerprint density at radius 2 is 2.46 bits per heavy atom. The van der Waals surface area contributed by atoms with Crippen molar-refractivity contribution in [1.82, 2.24) is 4.98 Å². The van der Waals surface area contributed by atoms with Gasteiger partial charge in [-0.05, 0) is 6.07 Å². The Labute approximate surface area is 75.0 Å². The number of nitrogens with one attached hydrogen (secondary N) is 1.